The number of allylic oxidation sites excluding steroid dienone is 1. The first-order valence-electron chi connectivity index (χ1n) is 11.6. The van der Waals surface area contributed by atoms with Gasteiger partial charge in [0.05, 0.1) is 59.1 Å². The normalized spacial score (nSPS) is 11.7. The predicted octanol–water partition coefficient (Wildman–Crippen LogP) is 4.98. The lowest BCUT2D eigenvalue weighted by Crippen LogP contribution is -2.10. The van der Waals surface area contributed by atoms with Gasteiger partial charge in [0.15, 0.2) is 0 Å². The topological polar surface area (TPSA) is 55.4 Å². The highest BCUT2D eigenvalue weighted by Crippen LogP contribution is 2.20. The van der Waals surface area contributed by atoms with Crippen LogP contribution in [0.25, 0.3) is 11.1 Å². The molecule has 0 aliphatic heterocycles. The van der Waals surface area contributed by atoms with Crippen LogP contribution in [0, 0.1) is 0 Å². The third-order valence-electron chi connectivity index (χ3n) is 4.42. The van der Waals surface area contributed by atoms with Gasteiger partial charge < -0.3 is 28.4 Å². The minimum Gasteiger partial charge on any atom is -0.498 e. The van der Waals surface area contributed by atoms with E-state index in [1.165, 1.54) is 0 Å². The van der Waals surface area contributed by atoms with Gasteiger partial charge in [-0.05, 0) is 48.1 Å². The Labute approximate surface area is 194 Å². The summed E-state index contributed by atoms with van der Waals surface area (Å²) in [4.78, 5) is 0. The van der Waals surface area contributed by atoms with E-state index in [0.717, 1.165) is 48.3 Å². The van der Waals surface area contributed by atoms with E-state index >= 15 is 0 Å². The summed E-state index contributed by atoms with van der Waals surface area (Å²) in [6.07, 6.45) is 3.83. The van der Waals surface area contributed by atoms with Crippen molar-refractivity contribution in [1.29, 1.82) is 0 Å². The van der Waals surface area contributed by atoms with Gasteiger partial charge in [-0.25, -0.2) is 0 Å². The van der Waals surface area contributed by atoms with E-state index in [0.29, 0.717) is 59.5 Å². The molecule has 1 aromatic rings. The summed E-state index contributed by atoms with van der Waals surface area (Å²) in [6, 6.07) is 8.22. The standard InChI is InChI=1S/C26H42O6/c1-5-10-27-12-14-29-16-18-31-21-23(3)25-8-7-9-26(20-25)24(4)22-32-19-17-30-15-13-28-11-6-2/h7-9,20,22H,3,5-6,10-19,21H2,1-2,4H3. The van der Waals surface area contributed by atoms with Crippen molar-refractivity contribution in [3.05, 3.63) is 48.2 Å². The summed E-state index contributed by atoms with van der Waals surface area (Å²) in [5, 5.41) is 0. The van der Waals surface area contributed by atoms with Gasteiger partial charge in [0.25, 0.3) is 0 Å². The number of benzene rings is 1. The van der Waals surface area contributed by atoms with E-state index in [2.05, 4.69) is 32.6 Å². The lowest BCUT2D eigenvalue weighted by atomic mass is 10.0. The van der Waals surface area contributed by atoms with Gasteiger partial charge in [0, 0.05) is 13.2 Å². The van der Waals surface area contributed by atoms with E-state index in [9.17, 15) is 0 Å². The predicted molar refractivity (Wildman–Crippen MR) is 130 cm³/mol. The number of hydrogen-bond donors (Lipinski definition) is 0. The second-order valence-corrected chi connectivity index (χ2v) is 7.36. The third kappa shape index (κ3) is 14.4. The molecule has 1 aromatic carbocycles. The quantitative estimate of drug-likeness (QED) is 0.194. The first-order chi connectivity index (χ1) is 15.7. The van der Waals surface area contributed by atoms with Crippen molar-refractivity contribution in [3.63, 3.8) is 0 Å². The maximum atomic E-state index is 5.68. The molecule has 0 unspecified atom stereocenters. The lowest BCUT2D eigenvalue weighted by Gasteiger charge is -2.10. The molecule has 0 amide bonds. The second-order valence-electron chi connectivity index (χ2n) is 7.36. The molecule has 182 valence electrons. The fourth-order valence-corrected chi connectivity index (χ4v) is 2.67. The summed E-state index contributed by atoms with van der Waals surface area (Å²) in [7, 11) is 0. The Hall–Kier alpha value is -1.70. The van der Waals surface area contributed by atoms with Crippen LogP contribution in [0.2, 0.25) is 0 Å². The smallest absolute Gasteiger partial charge is 0.111 e. The highest BCUT2D eigenvalue weighted by Gasteiger charge is 2.03. The molecule has 0 radical (unpaired) electrons. The van der Waals surface area contributed by atoms with Gasteiger partial charge in [-0.2, -0.15) is 0 Å². The molecule has 0 saturated carbocycles. The largest absolute Gasteiger partial charge is 0.498 e. The fourth-order valence-electron chi connectivity index (χ4n) is 2.67. The molecular weight excluding hydrogens is 408 g/mol. The molecule has 0 saturated heterocycles. The SMILES string of the molecule is C=C(COCCOCCOCCC)c1cccc(C(C)=COCCOCCOCCC)c1. The minimum absolute atomic E-state index is 0.470. The van der Waals surface area contributed by atoms with Crippen molar-refractivity contribution in [2.24, 2.45) is 0 Å². The minimum atomic E-state index is 0.470. The zero-order valence-corrected chi connectivity index (χ0v) is 20.2. The summed E-state index contributed by atoms with van der Waals surface area (Å²) in [6.45, 7) is 17.0. The number of rotatable bonds is 21. The molecule has 6 heteroatoms. The zero-order chi connectivity index (χ0) is 23.3. The molecule has 0 aromatic heterocycles. The van der Waals surface area contributed by atoms with E-state index in [1.54, 1.807) is 6.26 Å². The Kier molecular flexibility index (Phi) is 17.7. The molecule has 0 spiro atoms. The molecule has 32 heavy (non-hydrogen) atoms. The van der Waals surface area contributed by atoms with Gasteiger partial charge in [-0.1, -0.05) is 38.6 Å². The van der Waals surface area contributed by atoms with Crippen LogP contribution in [0.1, 0.15) is 44.7 Å². The van der Waals surface area contributed by atoms with Gasteiger partial charge in [-0.3, -0.25) is 0 Å². The van der Waals surface area contributed by atoms with E-state index < -0.39 is 0 Å². The van der Waals surface area contributed by atoms with Crippen molar-refractivity contribution >= 4 is 11.1 Å². The van der Waals surface area contributed by atoms with Gasteiger partial charge in [0.1, 0.15) is 6.61 Å². The van der Waals surface area contributed by atoms with E-state index in [4.69, 9.17) is 28.4 Å². The van der Waals surface area contributed by atoms with E-state index in [1.807, 2.05) is 19.1 Å². The molecule has 0 heterocycles. The van der Waals surface area contributed by atoms with Crippen LogP contribution in [-0.4, -0.2) is 72.7 Å². The molecule has 0 N–H and O–H groups in total. The summed E-state index contributed by atoms with van der Waals surface area (Å²) in [5.41, 5.74) is 4.13. The molecule has 0 atom stereocenters. The van der Waals surface area contributed by atoms with Gasteiger partial charge >= 0.3 is 0 Å². The maximum absolute atomic E-state index is 5.68. The molecule has 0 bridgehead atoms. The Bertz CT molecular complexity index is 628. The van der Waals surface area contributed by atoms with Crippen LogP contribution in [0.5, 0.6) is 0 Å². The first-order valence-corrected chi connectivity index (χ1v) is 11.6. The Balaban J connectivity index is 2.23. The average molecular weight is 451 g/mol. The summed E-state index contributed by atoms with van der Waals surface area (Å²) in [5.74, 6) is 0. The first kappa shape index (κ1) is 28.3. The highest BCUT2D eigenvalue weighted by atomic mass is 16.5. The van der Waals surface area contributed by atoms with Crippen LogP contribution in [0.3, 0.4) is 0 Å². The van der Waals surface area contributed by atoms with Crippen LogP contribution >= 0.6 is 0 Å². The monoisotopic (exact) mass is 450 g/mol. The molecular formula is C26H42O6. The lowest BCUT2D eigenvalue weighted by molar-refractivity contribution is 0.0205. The van der Waals surface area contributed by atoms with Crippen LogP contribution in [-0.2, 0) is 28.4 Å². The van der Waals surface area contributed by atoms with Crippen LogP contribution in [0.4, 0.5) is 0 Å². The molecule has 0 aliphatic carbocycles. The Morgan fingerprint density at radius 2 is 1.22 bits per heavy atom. The third-order valence-corrected chi connectivity index (χ3v) is 4.42. The van der Waals surface area contributed by atoms with E-state index in [-0.39, 0.29) is 0 Å². The van der Waals surface area contributed by atoms with Crippen molar-refractivity contribution in [1.82, 2.24) is 0 Å². The van der Waals surface area contributed by atoms with Gasteiger partial charge in [-0.15, -0.1) is 0 Å². The number of ether oxygens (including phenoxy) is 6. The molecule has 0 aliphatic rings. The molecule has 0 fully saturated rings. The second kappa shape index (κ2) is 19.9. The maximum Gasteiger partial charge on any atom is 0.111 e. The molecule has 6 nitrogen and oxygen atoms in total. The fraction of sp³-hybridized carbons (Fsp3) is 0.615. The van der Waals surface area contributed by atoms with Crippen LogP contribution in [0.15, 0.2) is 37.1 Å². The Morgan fingerprint density at radius 1 is 0.719 bits per heavy atom. The summed E-state index contributed by atoms with van der Waals surface area (Å²) < 4.78 is 33.0. The molecule has 1 rings (SSSR count). The summed E-state index contributed by atoms with van der Waals surface area (Å²) >= 11 is 0. The Morgan fingerprint density at radius 3 is 1.81 bits per heavy atom. The highest BCUT2D eigenvalue weighted by molar-refractivity contribution is 5.70. The van der Waals surface area contributed by atoms with Crippen LogP contribution < -0.4 is 0 Å². The van der Waals surface area contributed by atoms with Crippen molar-refractivity contribution in [2.75, 3.05) is 72.7 Å². The van der Waals surface area contributed by atoms with Crippen molar-refractivity contribution in [3.8, 4) is 0 Å². The average Bonchev–Trinajstić information content (AvgIpc) is 2.81. The van der Waals surface area contributed by atoms with Crippen molar-refractivity contribution < 1.29 is 28.4 Å². The zero-order valence-electron chi connectivity index (χ0n) is 20.2. The van der Waals surface area contributed by atoms with Crippen molar-refractivity contribution in [2.45, 2.75) is 33.6 Å². The number of hydrogen-bond acceptors (Lipinski definition) is 6. The van der Waals surface area contributed by atoms with Gasteiger partial charge in [0.2, 0.25) is 0 Å².